The predicted octanol–water partition coefficient (Wildman–Crippen LogP) is 3.18. The van der Waals surface area contributed by atoms with Gasteiger partial charge in [0.15, 0.2) is 0 Å². The highest BCUT2D eigenvalue weighted by Crippen LogP contribution is 2.17. The third kappa shape index (κ3) is 3.46. The SMILES string of the molecule is COc1ccc(CNCc2c(C)nn(-c3ccccc3)c2C)cn1. The van der Waals surface area contributed by atoms with Crippen LogP contribution in [0.4, 0.5) is 0 Å². The molecule has 0 fully saturated rings. The average Bonchev–Trinajstić information content (AvgIpc) is 2.91. The second kappa shape index (κ2) is 7.27. The Kier molecular flexibility index (Phi) is 4.91. The lowest BCUT2D eigenvalue weighted by molar-refractivity contribution is 0.397. The molecule has 1 aromatic carbocycles. The van der Waals surface area contributed by atoms with Gasteiger partial charge < -0.3 is 10.1 Å². The summed E-state index contributed by atoms with van der Waals surface area (Å²) in [5, 5.41) is 8.14. The van der Waals surface area contributed by atoms with E-state index in [1.54, 1.807) is 7.11 Å². The number of methoxy groups -OCH3 is 1. The number of hydrogen-bond acceptors (Lipinski definition) is 4. The van der Waals surface area contributed by atoms with E-state index >= 15 is 0 Å². The van der Waals surface area contributed by atoms with Crippen LogP contribution in [0.3, 0.4) is 0 Å². The highest BCUT2D eigenvalue weighted by atomic mass is 16.5. The van der Waals surface area contributed by atoms with Gasteiger partial charge in [-0.05, 0) is 31.5 Å². The molecule has 0 bridgehead atoms. The molecule has 0 aliphatic carbocycles. The lowest BCUT2D eigenvalue weighted by Crippen LogP contribution is -2.14. The van der Waals surface area contributed by atoms with Gasteiger partial charge in [0.05, 0.1) is 18.5 Å². The molecule has 124 valence electrons. The molecule has 0 unspecified atom stereocenters. The largest absolute Gasteiger partial charge is 0.481 e. The lowest BCUT2D eigenvalue weighted by atomic mass is 10.2. The molecule has 0 aliphatic rings. The van der Waals surface area contributed by atoms with Gasteiger partial charge in [0.1, 0.15) is 0 Å². The minimum absolute atomic E-state index is 0.634. The molecule has 5 heteroatoms. The Morgan fingerprint density at radius 3 is 2.50 bits per heavy atom. The zero-order valence-electron chi connectivity index (χ0n) is 14.3. The maximum Gasteiger partial charge on any atom is 0.212 e. The van der Waals surface area contributed by atoms with Crippen molar-refractivity contribution in [3.8, 4) is 11.6 Å². The smallest absolute Gasteiger partial charge is 0.212 e. The summed E-state index contributed by atoms with van der Waals surface area (Å²) in [7, 11) is 1.62. The van der Waals surface area contributed by atoms with Crippen LogP contribution in [0.25, 0.3) is 5.69 Å². The number of aryl methyl sites for hydroxylation is 1. The summed E-state index contributed by atoms with van der Waals surface area (Å²) in [6.45, 7) is 5.69. The van der Waals surface area contributed by atoms with Crippen molar-refractivity contribution in [2.45, 2.75) is 26.9 Å². The van der Waals surface area contributed by atoms with E-state index in [2.05, 4.69) is 41.4 Å². The molecule has 0 saturated carbocycles. The molecule has 3 rings (SSSR count). The van der Waals surface area contributed by atoms with Crippen LogP contribution in [-0.2, 0) is 13.1 Å². The summed E-state index contributed by atoms with van der Waals surface area (Å²) in [6, 6.07) is 14.1. The number of benzene rings is 1. The number of pyridine rings is 1. The van der Waals surface area contributed by atoms with Gasteiger partial charge in [-0.2, -0.15) is 5.10 Å². The average molecular weight is 322 g/mol. The Hall–Kier alpha value is -2.66. The van der Waals surface area contributed by atoms with Crippen LogP contribution in [0.15, 0.2) is 48.7 Å². The van der Waals surface area contributed by atoms with E-state index in [-0.39, 0.29) is 0 Å². The summed E-state index contributed by atoms with van der Waals surface area (Å²) in [5.74, 6) is 0.634. The van der Waals surface area contributed by atoms with Crippen molar-refractivity contribution in [2.75, 3.05) is 7.11 Å². The number of aromatic nitrogens is 3. The topological polar surface area (TPSA) is 52.0 Å². The van der Waals surface area contributed by atoms with Gasteiger partial charge in [-0.3, -0.25) is 0 Å². The Morgan fingerprint density at radius 2 is 1.83 bits per heavy atom. The van der Waals surface area contributed by atoms with Gasteiger partial charge in [-0.25, -0.2) is 9.67 Å². The van der Waals surface area contributed by atoms with Crippen molar-refractivity contribution in [1.29, 1.82) is 0 Å². The number of rotatable bonds is 6. The lowest BCUT2D eigenvalue weighted by Gasteiger charge is -2.07. The third-order valence-corrected chi connectivity index (χ3v) is 4.08. The third-order valence-electron chi connectivity index (χ3n) is 4.08. The Bertz CT molecular complexity index is 794. The quantitative estimate of drug-likeness (QED) is 0.757. The first-order chi connectivity index (χ1) is 11.7. The molecule has 0 aliphatic heterocycles. The first-order valence-electron chi connectivity index (χ1n) is 7.99. The van der Waals surface area contributed by atoms with E-state index in [0.29, 0.717) is 5.88 Å². The number of nitrogens with one attached hydrogen (secondary N) is 1. The minimum Gasteiger partial charge on any atom is -0.481 e. The zero-order valence-corrected chi connectivity index (χ0v) is 14.3. The van der Waals surface area contributed by atoms with Gasteiger partial charge in [-0.1, -0.05) is 24.3 Å². The fourth-order valence-corrected chi connectivity index (χ4v) is 2.72. The predicted molar refractivity (Wildman–Crippen MR) is 94.4 cm³/mol. The van der Waals surface area contributed by atoms with Crippen LogP contribution >= 0.6 is 0 Å². The Labute approximate surface area is 142 Å². The monoisotopic (exact) mass is 322 g/mol. The molecule has 5 nitrogen and oxygen atoms in total. The molecule has 2 aromatic heterocycles. The van der Waals surface area contributed by atoms with Crippen LogP contribution < -0.4 is 10.1 Å². The highest BCUT2D eigenvalue weighted by molar-refractivity contribution is 5.36. The zero-order chi connectivity index (χ0) is 16.9. The molecule has 24 heavy (non-hydrogen) atoms. The van der Waals surface area contributed by atoms with Gasteiger partial charge in [0.25, 0.3) is 0 Å². The second-order valence-corrected chi connectivity index (χ2v) is 5.71. The van der Waals surface area contributed by atoms with Crippen LogP contribution in [-0.4, -0.2) is 21.9 Å². The van der Waals surface area contributed by atoms with Crippen molar-refractivity contribution in [1.82, 2.24) is 20.1 Å². The molecule has 0 saturated heterocycles. The van der Waals surface area contributed by atoms with E-state index in [0.717, 1.165) is 30.0 Å². The van der Waals surface area contributed by atoms with Crippen LogP contribution in [0.2, 0.25) is 0 Å². The Balaban J connectivity index is 1.68. The molecule has 1 N–H and O–H groups in total. The summed E-state index contributed by atoms with van der Waals surface area (Å²) in [6.07, 6.45) is 1.83. The van der Waals surface area contributed by atoms with Crippen LogP contribution in [0, 0.1) is 13.8 Å². The fourth-order valence-electron chi connectivity index (χ4n) is 2.72. The number of ether oxygens (including phenoxy) is 1. The minimum atomic E-state index is 0.634. The van der Waals surface area contributed by atoms with Crippen molar-refractivity contribution in [2.24, 2.45) is 0 Å². The molecule has 0 atom stereocenters. The van der Waals surface area contributed by atoms with Crippen LogP contribution in [0.5, 0.6) is 5.88 Å². The Morgan fingerprint density at radius 1 is 1.04 bits per heavy atom. The van der Waals surface area contributed by atoms with Gasteiger partial charge in [0.2, 0.25) is 5.88 Å². The first-order valence-corrected chi connectivity index (χ1v) is 7.99. The second-order valence-electron chi connectivity index (χ2n) is 5.71. The summed E-state index contributed by atoms with van der Waals surface area (Å²) in [5.41, 5.74) is 5.67. The van der Waals surface area contributed by atoms with Crippen LogP contribution in [0.1, 0.15) is 22.5 Å². The van der Waals surface area contributed by atoms with Crippen molar-refractivity contribution in [3.63, 3.8) is 0 Å². The van der Waals surface area contributed by atoms with Crippen molar-refractivity contribution < 1.29 is 4.74 Å². The van der Waals surface area contributed by atoms with E-state index in [9.17, 15) is 0 Å². The van der Waals surface area contributed by atoms with E-state index < -0.39 is 0 Å². The molecule has 2 heterocycles. The van der Waals surface area contributed by atoms with Gasteiger partial charge >= 0.3 is 0 Å². The maximum absolute atomic E-state index is 5.08. The van der Waals surface area contributed by atoms with E-state index in [1.165, 1.54) is 11.3 Å². The molecular weight excluding hydrogens is 300 g/mol. The fraction of sp³-hybridized carbons (Fsp3) is 0.263. The molecular formula is C19H22N4O. The number of para-hydroxylation sites is 1. The number of hydrogen-bond donors (Lipinski definition) is 1. The molecule has 0 amide bonds. The van der Waals surface area contributed by atoms with Crippen molar-refractivity contribution >= 4 is 0 Å². The summed E-state index contributed by atoms with van der Waals surface area (Å²) >= 11 is 0. The highest BCUT2D eigenvalue weighted by Gasteiger charge is 2.12. The number of nitrogens with zero attached hydrogens (tertiary/aromatic N) is 3. The standard InChI is InChI=1S/C19H22N4O/c1-14-18(13-20-11-16-9-10-19(24-3)21-12-16)15(2)23(22-14)17-7-5-4-6-8-17/h4-10,12,20H,11,13H2,1-3H3. The molecule has 0 spiro atoms. The summed E-state index contributed by atoms with van der Waals surface area (Å²) in [4.78, 5) is 4.22. The van der Waals surface area contributed by atoms with Gasteiger partial charge in [0, 0.05) is 36.6 Å². The van der Waals surface area contributed by atoms with Gasteiger partial charge in [-0.15, -0.1) is 0 Å². The van der Waals surface area contributed by atoms with E-state index in [1.807, 2.05) is 41.2 Å². The first kappa shape index (κ1) is 16.2. The molecule has 3 aromatic rings. The summed E-state index contributed by atoms with van der Waals surface area (Å²) < 4.78 is 7.08. The van der Waals surface area contributed by atoms with E-state index in [4.69, 9.17) is 4.74 Å². The maximum atomic E-state index is 5.08. The normalized spacial score (nSPS) is 10.8. The molecule has 0 radical (unpaired) electrons. The van der Waals surface area contributed by atoms with Crippen molar-refractivity contribution in [3.05, 3.63) is 71.2 Å².